The van der Waals surface area contributed by atoms with Crippen LogP contribution in [0.5, 0.6) is 5.75 Å². The highest BCUT2D eigenvalue weighted by Crippen LogP contribution is 2.27. The molecular weight excluding hydrogens is 449 g/mol. The Labute approximate surface area is 202 Å². The molecule has 3 aromatic carbocycles. The number of hydrogen-bond donors (Lipinski definition) is 2. The van der Waals surface area contributed by atoms with Gasteiger partial charge >= 0.3 is 0 Å². The Morgan fingerprint density at radius 2 is 1.74 bits per heavy atom. The topological polar surface area (TPSA) is 87.7 Å². The van der Waals surface area contributed by atoms with Gasteiger partial charge in [0.15, 0.2) is 6.61 Å². The molecular formula is C27H26FN3O4. The van der Waals surface area contributed by atoms with Gasteiger partial charge in [-0.15, -0.1) is 0 Å². The lowest BCUT2D eigenvalue weighted by Gasteiger charge is -2.17. The molecule has 3 aromatic rings. The molecule has 35 heavy (non-hydrogen) atoms. The first kappa shape index (κ1) is 23.9. The quantitative estimate of drug-likeness (QED) is 0.519. The standard InChI is InChI=1S/C27H26FN3O4/c1-18-4-2-3-5-19(18)15-29-27(34)20-14-26(33)31(16-20)23-10-12-24(13-11-23)35-17-25(32)30-22-8-6-21(28)7-9-22/h2-13,20H,14-17H2,1H3,(H,29,34)(H,30,32)/t20-/m1/s1. The van der Waals surface area contributed by atoms with Gasteiger partial charge in [-0.2, -0.15) is 0 Å². The van der Waals surface area contributed by atoms with E-state index in [4.69, 9.17) is 4.74 Å². The van der Waals surface area contributed by atoms with Crippen LogP contribution < -0.4 is 20.3 Å². The summed E-state index contributed by atoms with van der Waals surface area (Å²) >= 11 is 0. The number of amides is 3. The highest BCUT2D eigenvalue weighted by atomic mass is 19.1. The van der Waals surface area contributed by atoms with E-state index < -0.39 is 5.92 Å². The highest BCUT2D eigenvalue weighted by molar-refractivity contribution is 6.00. The van der Waals surface area contributed by atoms with Gasteiger partial charge in [0.05, 0.1) is 5.92 Å². The number of hydrogen-bond acceptors (Lipinski definition) is 4. The van der Waals surface area contributed by atoms with Crippen LogP contribution in [0.15, 0.2) is 72.8 Å². The van der Waals surface area contributed by atoms with E-state index in [0.29, 0.717) is 30.2 Å². The van der Waals surface area contributed by atoms with Crippen LogP contribution in [0.25, 0.3) is 0 Å². The van der Waals surface area contributed by atoms with Crippen molar-refractivity contribution in [3.63, 3.8) is 0 Å². The Hall–Kier alpha value is -4.20. The number of halogens is 1. The molecule has 3 amide bonds. The lowest BCUT2D eigenvalue weighted by Crippen LogP contribution is -2.32. The van der Waals surface area contributed by atoms with Crippen LogP contribution >= 0.6 is 0 Å². The number of carbonyl (C=O) groups is 3. The van der Waals surface area contributed by atoms with E-state index in [0.717, 1.165) is 11.1 Å². The molecule has 4 rings (SSSR count). The minimum atomic E-state index is -0.419. The summed E-state index contributed by atoms with van der Waals surface area (Å²) in [4.78, 5) is 38.8. The van der Waals surface area contributed by atoms with Crippen molar-refractivity contribution in [2.75, 3.05) is 23.4 Å². The molecule has 0 unspecified atom stereocenters. The number of nitrogens with one attached hydrogen (secondary N) is 2. The maximum atomic E-state index is 13.0. The molecule has 0 bridgehead atoms. The van der Waals surface area contributed by atoms with Gasteiger partial charge < -0.3 is 20.3 Å². The maximum absolute atomic E-state index is 13.0. The van der Waals surface area contributed by atoms with Crippen molar-refractivity contribution >= 4 is 29.1 Å². The summed E-state index contributed by atoms with van der Waals surface area (Å²) < 4.78 is 18.5. The largest absolute Gasteiger partial charge is 0.484 e. The van der Waals surface area contributed by atoms with E-state index >= 15 is 0 Å². The number of carbonyl (C=O) groups excluding carboxylic acids is 3. The SMILES string of the molecule is Cc1ccccc1CNC(=O)[C@@H]1CC(=O)N(c2ccc(OCC(=O)Nc3ccc(F)cc3)cc2)C1. The van der Waals surface area contributed by atoms with Gasteiger partial charge in [-0.25, -0.2) is 4.39 Å². The molecule has 0 aromatic heterocycles. The molecule has 2 N–H and O–H groups in total. The van der Waals surface area contributed by atoms with E-state index in [-0.39, 0.29) is 36.6 Å². The predicted molar refractivity (Wildman–Crippen MR) is 130 cm³/mol. The van der Waals surface area contributed by atoms with Crippen molar-refractivity contribution in [2.24, 2.45) is 5.92 Å². The Bertz CT molecular complexity index is 1210. The van der Waals surface area contributed by atoms with Gasteiger partial charge in [-0.3, -0.25) is 14.4 Å². The third-order valence-electron chi connectivity index (χ3n) is 5.86. The fraction of sp³-hybridized carbons (Fsp3) is 0.222. The Morgan fingerprint density at radius 3 is 2.46 bits per heavy atom. The Balaban J connectivity index is 1.27. The minimum Gasteiger partial charge on any atom is -0.484 e. The fourth-order valence-electron chi connectivity index (χ4n) is 3.87. The first-order valence-corrected chi connectivity index (χ1v) is 11.3. The van der Waals surface area contributed by atoms with Gasteiger partial charge in [-0.05, 0) is 66.6 Å². The van der Waals surface area contributed by atoms with Crippen molar-refractivity contribution in [1.29, 1.82) is 0 Å². The summed E-state index contributed by atoms with van der Waals surface area (Å²) in [6.07, 6.45) is 0.154. The van der Waals surface area contributed by atoms with Crippen LogP contribution in [0.1, 0.15) is 17.5 Å². The maximum Gasteiger partial charge on any atom is 0.262 e. The van der Waals surface area contributed by atoms with Crippen LogP contribution in [-0.2, 0) is 20.9 Å². The Morgan fingerprint density at radius 1 is 1.03 bits per heavy atom. The van der Waals surface area contributed by atoms with E-state index in [1.54, 1.807) is 29.2 Å². The molecule has 1 atom stereocenters. The summed E-state index contributed by atoms with van der Waals surface area (Å²) in [5.74, 6) is -0.982. The lowest BCUT2D eigenvalue weighted by molar-refractivity contribution is -0.126. The first-order valence-electron chi connectivity index (χ1n) is 11.3. The second-order valence-corrected chi connectivity index (χ2v) is 8.39. The molecule has 7 nitrogen and oxygen atoms in total. The lowest BCUT2D eigenvalue weighted by atomic mass is 10.1. The summed E-state index contributed by atoms with van der Waals surface area (Å²) in [5.41, 5.74) is 3.28. The van der Waals surface area contributed by atoms with Gasteiger partial charge in [-0.1, -0.05) is 24.3 Å². The molecule has 0 radical (unpaired) electrons. The number of ether oxygens (including phenoxy) is 1. The molecule has 1 saturated heterocycles. The molecule has 1 aliphatic rings. The number of rotatable bonds is 8. The second kappa shape index (κ2) is 10.8. The normalized spacial score (nSPS) is 15.1. The van der Waals surface area contributed by atoms with Crippen LogP contribution in [0.4, 0.5) is 15.8 Å². The van der Waals surface area contributed by atoms with Crippen LogP contribution in [0, 0.1) is 18.7 Å². The third kappa shape index (κ3) is 6.23. The smallest absolute Gasteiger partial charge is 0.262 e. The Kier molecular flexibility index (Phi) is 7.40. The van der Waals surface area contributed by atoms with Gasteiger partial charge in [0.1, 0.15) is 11.6 Å². The van der Waals surface area contributed by atoms with E-state index in [1.165, 1.54) is 24.3 Å². The molecule has 1 fully saturated rings. The average Bonchev–Trinajstić information content (AvgIpc) is 3.25. The molecule has 0 spiro atoms. The average molecular weight is 476 g/mol. The van der Waals surface area contributed by atoms with E-state index in [1.807, 2.05) is 31.2 Å². The molecule has 1 aliphatic heterocycles. The van der Waals surface area contributed by atoms with Gasteiger partial charge in [0.25, 0.3) is 5.91 Å². The monoisotopic (exact) mass is 475 g/mol. The first-order chi connectivity index (χ1) is 16.9. The zero-order chi connectivity index (χ0) is 24.8. The van der Waals surface area contributed by atoms with Crippen LogP contribution in [0.2, 0.25) is 0 Å². The summed E-state index contributed by atoms with van der Waals surface area (Å²) in [6.45, 7) is 2.51. The number of anilines is 2. The molecule has 0 saturated carbocycles. The van der Waals surface area contributed by atoms with E-state index in [9.17, 15) is 18.8 Å². The molecule has 1 heterocycles. The van der Waals surface area contributed by atoms with Crippen LogP contribution in [-0.4, -0.2) is 30.9 Å². The fourth-order valence-corrected chi connectivity index (χ4v) is 3.87. The van der Waals surface area contributed by atoms with Crippen molar-refractivity contribution in [3.05, 3.63) is 89.7 Å². The minimum absolute atomic E-state index is 0.117. The summed E-state index contributed by atoms with van der Waals surface area (Å²) in [6, 6.07) is 20.1. The number of nitrogens with zero attached hydrogens (tertiary/aromatic N) is 1. The van der Waals surface area contributed by atoms with Gasteiger partial charge in [0, 0.05) is 30.9 Å². The van der Waals surface area contributed by atoms with Crippen molar-refractivity contribution in [2.45, 2.75) is 19.9 Å². The van der Waals surface area contributed by atoms with Crippen molar-refractivity contribution < 1.29 is 23.5 Å². The van der Waals surface area contributed by atoms with Crippen molar-refractivity contribution in [1.82, 2.24) is 5.32 Å². The summed E-state index contributed by atoms with van der Waals surface area (Å²) in [7, 11) is 0. The second-order valence-electron chi connectivity index (χ2n) is 8.39. The predicted octanol–water partition coefficient (Wildman–Crippen LogP) is 3.82. The number of benzene rings is 3. The number of aryl methyl sites for hydroxylation is 1. The van der Waals surface area contributed by atoms with Crippen LogP contribution in [0.3, 0.4) is 0 Å². The van der Waals surface area contributed by atoms with E-state index in [2.05, 4.69) is 10.6 Å². The zero-order valence-corrected chi connectivity index (χ0v) is 19.3. The summed E-state index contributed by atoms with van der Waals surface area (Å²) in [5, 5.41) is 5.56. The van der Waals surface area contributed by atoms with Gasteiger partial charge in [0.2, 0.25) is 11.8 Å². The van der Waals surface area contributed by atoms with Crippen molar-refractivity contribution in [3.8, 4) is 5.75 Å². The third-order valence-corrected chi connectivity index (χ3v) is 5.86. The molecule has 180 valence electrons. The molecule has 0 aliphatic carbocycles. The zero-order valence-electron chi connectivity index (χ0n) is 19.3. The highest BCUT2D eigenvalue weighted by Gasteiger charge is 2.35. The molecule has 8 heteroatoms.